The van der Waals surface area contributed by atoms with E-state index in [1.165, 1.54) is 0 Å². The zero-order valence-electron chi connectivity index (χ0n) is 9.70. The molecule has 0 aliphatic rings. The summed E-state index contributed by atoms with van der Waals surface area (Å²) in [6, 6.07) is 3.93. The molecule has 1 atom stereocenters. The summed E-state index contributed by atoms with van der Waals surface area (Å²) in [4.78, 5) is 0. The molecule has 0 spiro atoms. The van der Waals surface area contributed by atoms with Gasteiger partial charge >= 0.3 is 0 Å². The lowest BCUT2D eigenvalue weighted by atomic mass is 10.0. The number of rotatable bonds is 4. The molecule has 0 heterocycles. The Morgan fingerprint density at radius 2 is 1.80 bits per heavy atom. The minimum absolute atomic E-state index is 0.383. The number of ether oxygens (including phenoxy) is 2. The van der Waals surface area contributed by atoms with Gasteiger partial charge in [0.1, 0.15) is 0 Å². The molecule has 0 saturated carbocycles. The molecule has 0 bridgehead atoms. The number of aliphatic hydroxyl groups excluding tert-OH is 1. The molecule has 0 amide bonds. The van der Waals surface area contributed by atoms with Gasteiger partial charge in [-0.3, -0.25) is 0 Å². The first-order chi connectivity index (χ1) is 7.10. The molecule has 0 aliphatic heterocycles. The minimum atomic E-state index is -0.383. The number of methoxy groups -OCH3 is 2. The van der Waals surface area contributed by atoms with Gasteiger partial charge in [-0.2, -0.15) is 0 Å². The van der Waals surface area contributed by atoms with Gasteiger partial charge in [0.25, 0.3) is 0 Å². The quantitative estimate of drug-likeness (QED) is 0.825. The van der Waals surface area contributed by atoms with E-state index in [9.17, 15) is 5.11 Å². The van der Waals surface area contributed by atoms with Gasteiger partial charge in [0.05, 0.1) is 20.3 Å². The lowest BCUT2D eigenvalue weighted by molar-refractivity contribution is 0.194. The summed E-state index contributed by atoms with van der Waals surface area (Å²) in [5, 5.41) is 9.36. The maximum Gasteiger partial charge on any atom is 0.164 e. The van der Waals surface area contributed by atoms with Gasteiger partial charge in [0, 0.05) is 12.0 Å². The first-order valence-corrected chi connectivity index (χ1v) is 4.98. The summed E-state index contributed by atoms with van der Waals surface area (Å²) in [6.07, 6.45) is 0.186. The van der Waals surface area contributed by atoms with Crippen LogP contribution in [0.4, 0.5) is 0 Å². The monoisotopic (exact) mass is 210 g/mol. The topological polar surface area (TPSA) is 38.7 Å². The van der Waals surface area contributed by atoms with Gasteiger partial charge in [-0.25, -0.2) is 0 Å². The highest BCUT2D eigenvalue weighted by Crippen LogP contribution is 2.34. The van der Waals surface area contributed by atoms with E-state index >= 15 is 0 Å². The number of hydrogen-bond acceptors (Lipinski definition) is 3. The first-order valence-electron chi connectivity index (χ1n) is 4.98. The highest BCUT2D eigenvalue weighted by molar-refractivity contribution is 5.51. The third-order valence-corrected chi connectivity index (χ3v) is 2.31. The van der Waals surface area contributed by atoms with Gasteiger partial charge < -0.3 is 14.6 Å². The highest BCUT2D eigenvalue weighted by Gasteiger charge is 2.13. The highest BCUT2D eigenvalue weighted by atomic mass is 16.5. The molecule has 3 heteroatoms. The molecule has 1 N–H and O–H groups in total. The molecular formula is C12H18O3. The SMILES string of the molecule is COc1c(C)ccc(CC(C)O)c1OC. The summed E-state index contributed by atoms with van der Waals surface area (Å²) in [5.74, 6) is 1.47. The largest absolute Gasteiger partial charge is 0.493 e. The van der Waals surface area contributed by atoms with E-state index in [-0.39, 0.29) is 6.10 Å². The Morgan fingerprint density at radius 1 is 1.20 bits per heavy atom. The summed E-state index contributed by atoms with van der Waals surface area (Å²) in [6.45, 7) is 3.72. The van der Waals surface area contributed by atoms with Crippen LogP contribution in [0.5, 0.6) is 11.5 Å². The van der Waals surface area contributed by atoms with Crippen molar-refractivity contribution in [3.63, 3.8) is 0 Å². The molecular weight excluding hydrogens is 192 g/mol. The van der Waals surface area contributed by atoms with Crippen LogP contribution in [0.3, 0.4) is 0 Å². The lowest BCUT2D eigenvalue weighted by Gasteiger charge is -2.15. The Balaban J connectivity index is 3.16. The Bertz CT molecular complexity index is 332. The summed E-state index contributed by atoms with van der Waals surface area (Å²) in [7, 11) is 3.24. The molecule has 0 radical (unpaired) electrons. The third-order valence-electron chi connectivity index (χ3n) is 2.31. The number of benzene rings is 1. The summed E-state index contributed by atoms with van der Waals surface area (Å²) < 4.78 is 10.6. The van der Waals surface area contributed by atoms with Gasteiger partial charge in [0.15, 0.2) is 11.5 Å². The maximum absolute atomic E-state index is 9.36. The van der Waals surface area contributed by atoms with Crippen molar-refractivity contribution >= 4 is 0 Å². The third kappa shape index (κ3) is 2.63. The molecule has 0 aliphatic carbocycles. The van der Waals surface area contributed by atoms with Gasteiger partial charge in [-0.05, 0) is 19.4 Å². The van der Waals surface area contributed by atoms with Crippen LogP contribution < -0.4 is 9.47 Å². The second-order valence-electron chi connectivity index (χ2n) is 3.66. The van der Waals surface area contributed by atoms with Crippen LogP contribution in [-0.4, -0.2) is 25.4 Å². The molecule has 1 rings (SSSR count). The standard InChI is InChI=1S/C12H18O3/c1-8-5-6-10(7-9(2)13)12(15-4)11(8)14-3/h5-6,9,13H,7H2,1-4H3. The zero-order chi connectivity index (χ0) is 11.4. The smallest absolute Gasteiger partial charge is 0.164 e. The first kappa shape index (κ1) is 11.9. The normalized spacial score (nSPS) is 12.3. The van der Waals surface area contributed by atoms with Crippen molar-refractivity contribution in [3.05, 3.63) is 23.3 Å². The fraction of sp³-hybridized carbons (Fsp3) is 0.500. The molecule has 84 valence electrons. The van der Waals surface area contributed by atoms with E-state index in [1.54, 1.807) is 21.1 Å². The van der Waals surface area contributed by atoms with Crippen LogP contribution in [0.1, 0.15) is 18.1 Å². The summed E-state index contributed by atoms with van der Waals surface area (Å²) >= 11 is 0. The van der Waals surface area contributed by atoms with Crippen LogP contribution in [0, 0.1) is 6.92 Å². The molecule has 0 aromatic heterocycles. The van der Waals surface area contributed by atoms with Crippen LogP contribution >= 0.6 is 0 Å². The van der Waals surface area contributed by atoms with Crippen molar-refractivity contribution in [2.24, 2.45) is 0 Å². The maximum atomic E-state index is 9.36. The van der Waals surface area contributed by atoms with Crippen molar-refractivity contribution in [2.45, 2.75) is 26.4 Å². The van der Waals surface area contributed by atoms with E-state index in [0.29, 0.717) is 6.42 Å². The Kier molecular flexibility index (Phi) is 3.97. The predicted molar refractivity (Wildman–Crippen MR) is 59.7 cm³/mol. The van der Waals surface area contributed by atoms with Crippen LogP contribution in [0.25, 0.3) is 0 Å². The number of aliphatic hydroxyl groups is 1. The Labute approximate surface area is 90.6 Å². The Morgan fingerprint density at radius 3 is 2.27 bits per heavy atom. The second kappa shape index (κ2) is 5.03. The molecule has 15 heavy (non-hydrogen) atoms. The van der Waals surface area contributed by atoms with Crippen molar-refractivity contribution < 1.29 is 14.6 Å². The second-order valence-corrected chi connectivity index (χ2v) is 3.66. The van der Waals surface area contributed by atoms with Gasteiger partial charge in [-0.15, -0.1) is 0 Å². The van der Waals surface area contributed by atoms with Crippen molar-refractivity contribution in [3.8, 4) is 11.5 Å². The van der Waals surface area contributed by atoms with Gasteiger partial charge in [0.2, 0.25) is 0 Å². The Hall–Kier alpha value is -1.22. The van der Waals surface area contributed by atoms with E-state index in [4.69, 9.17) is 9.47 Å². The van der Waals surface area contributed by atoms with Crippen LogP contribution in [-0.2, 0) is 6.42 Å². The fourth-order valence-electron chi connectivity index (χ4n) is 1.66. The minimum Gasteiger partial charge on any atom is -0.493 e. The van der Waals surface area contributed by atoms with Gasteiger partial charge in [-0.1, -0.05) is 12.1 Å². The van der Waals surface area contributed by atoms with E-state index in [0.717, 1.165) is 22.6 Å². The summed E-state index contributed by atoms with van der Waals surface area (Å²) in [5.41, 5.74) is 2.00. The molecule has 3 nitrogen and oxygen atoms in total. The predicted octanol–water partition coefficient (Wildman–Crippen LogP) is 1.94. The molecule has 1 aromatic rings. The molecule has 1 unspecified atom stereocenters. The van der Waals surface area contributed by atoms with Crippen LogP contribution in [0.15, 0.2) is 12.1 Å². The average molecular weight is 210 g/mol. The van der Waals surface area contributed by atoms with Crippen LogP contribution in [0.2, 0.25) is 0 Å². The lowest BCUT2D eigenvalue weighted by Crippen LogP contribution is -2.07. The molecule has 0 saturated heterocycles. The number of aryl methyl sites for hydroxylation is 1. The number of hydrogen-bond donors (Lipinski definition) is 1. The van der Waals surface area contributed by atoms with Crippen molar-refractivity contribution in [1.29, 1.82) is 0 Å². The van der Waals surface area contributed by atoms with E-state index in [1.807, 2.05) is 19.1 Å². The average Bonchev–Trinajstić information content (AvgIpc) is 2.19. The zero-order valence-corrected chi connectivity index (χ0v) is 9.70. The molecule has 1 aromatic carbocycles. The molecule has 0 fully saturated rings. The van der Waals surface area contributed by atoms with Crippen molar-refractivity contribution in [2.75, 3.05) is 14.2 Å². The van der Waals surface area contributed by atoms with E-state index in [2.05, 4.69) is 0 Å². The van der Waals surface area contributed by atoms with E-state index < -0.39 is 0 Å². The van der Waals surface area contributed by atoms with Crippen molar-refractivity contribution in [1.82, 2.24) is 0 Å². The fourth-order valence-corrected chi connectivity index (χ4v) is 1.66.